The molecule has 0 spiro atoms. The zero-order valence-electron chi connectivity index (χ0n) is 15.3. The van der Waals surface area contributed by atoms with E-state index in [9.17, 15) is 4.79 Å². The van der Waals surface area contributed by atoms with Crippen molar-refractivity contribution in [3.63, 3.8) is 0 Å². The highest BCUT2D eigenvalue weighted by Gasteiger charge is 2.19. The molecular formula is C20H20ClN3O3. The van der Waals surface area contributed by atoms with Crippen LogP contribution in [-0.2, 0) is 6.54 Å². The molecule has 1 amide bonds. The van der Waals surface area contributed by atoms with E-state index in [1.165, 1.54) is 4.90 Å². The summed E-state index contributed by atoms with van der Waals surface area (Å²) in [6.45, 7) is 4.03. The van der Waals surface area contributed by atoms with E-state index in [4.69, 9.17) is 20.9 Å². The van der Waals surface area contributed by atoms with Crippen molar-refractivity contribution in [2.24, 2.45) is 0 Å². The van der Waals surface area contributed by atoms with Crippen molar-refractivity contribution in [3.8, 4) is 17.1 Å². The topological polar surface area (TPSA) is 68.5 Å². The van der Waals surface area contributed by atoms with Crippen molar-refractivity contribution < 1.29 is 14.1 Å². The number of aromatic nitrogens is 2. The third kappa shape index (κ3) is 4.65. The number of nitrogens with zero attached hydrogens (tertiary/aromatic N) is 3. The molecule has 0 radical (unpaired) electrons. The molecule has 2 aromatic carbocycles. The van der Waals surface area contributed by atoms with Gasteiger partial charge in [-0.2, -0.15) is 4.98 Å². The van der Waals surface area contributed by atoms with Gasteiger partial charge in [-0.3, -0.25) is 4.79 Å². The van der Waals surface area contributed by atoms with E-state index in [1.807, 2.05) is 32.0 Å². The molecule has 3 rings (SSSR count). The maximum absolute atomic E-state index is 12.8. The van der Waals surface area contributed by atoms with Crippen LogP contribution in [0.4, 0.5) is 0 Å². The number of hydrogen-bond donors (Lipinski definition) is 0. The largest absolute Gasteiger partial charge is 0.490 e. The highest BCUT2D eigenvalue weighted by atomic mass is 35.5. The standard InChI is InChI=1S/C20H20ClN3O3/c1-13(2)26-17-7-5-4-6-16(17)20(25)24(3)12-18-22-19(23-27-18)14-8-10-15(21)11-9-14/h4-11,13H,12H2,1-3H3. The molecule has 0 aliphatic heterocycles. The predicted octanol–water partition coefficient (Wildman–Crippen LogP) is 4.45. The van der Waals surface area contributed by atoms with Gasteiger partial charge in [-0.25, -0.2) is 0 Å². The molecular weight excluding hydrogens is 366 g/mol. The van der Waals surface area contributed by atoms with Crippen molar-refractivity contribution >= 4 is 17.5 Å². The molecule has 1 heterocycles. The number of halogens is 1. The molecule has 140 valence electrons. The minimum absolute atomic E-state index is 0.0258. The first-order valence-corrected chi connectivity index (χ1v) is 8.91. The van der Waals surface area contributed by atoms with Crippen LogP contribution < -0.4 is 4.74 Å². The van der Waals surface area contributed by atoms with E-state index in [1.54, 1.807) is 37.4 Å². The highest BCUT2D eigenvalue weighted by Crippen LogP contribution is 2.22. The van der Waals surface area contributed by atoms with E-state index in [0.29, 0.717) is 28.1 Å². The Kier molecular flexibility index (Phi) is 5.76. The van der Waals surface area contributed by atoms with E-state index >= 15 is 0 Å². The number of carbonyl (C=O) groups is 1. The van der Waals surface area contributed by atoms with Gasteiger partial charge < -0.3 is 14.2 Å². The van der Waals surface area contributed by atoms with E-state index < -0.39 is 0 Å². The van der Waals surface area contributed by atoms with Gasteiger partial charge in [0.05, 0.1) is 11.7 Å². The summed E-state index contributed by atoms with van der Waals surface area (Å²) in [5.74, 6) is 1.17. The number of hydrogen-bond acceptors (Lipinski definition) is 5. The van der Waals surface area contributed by atoms with Gasteiger partial charge in [0, 0.05) is 17.6 Å². The predicted molar refractivity (Wildman–Crippen MR) is 103 cm³/mol. The lowest BCUT2D eigenvalue weighted by Gasteiger charge is -2.18. The van der Waals surface area contributed by atoms with Crippen LogP contribution in [0.5, 0.6) is 5.75 Å². The van der Waals surface area contributed by atoms with Crippen LogP contribution in [0.2, 0.25) is 5.02 Å². The van der Waals surface area contributed by atoms with Crippen molar-refractivity contribution in [2.75, 3.05) is 7.05 Å². The Bertz CT molecular complexity index is 922. The van der Waals surface area contributed by atoms with Gasteiger partial charge in [-0.05, 0) is 50.2 Å². The molecule has 0 fully saturated rings. The van der Waals surface area contributed by atoms with E-state index in [-0.39, 0.29) is 18.6 Å². The summed E-state index contributed by atoms with van der Waals surface area (Å²) < 4.78 is 11.0. The quantitative estimate of drug-likeness (QED) is 0.627. The molecule has 0 aliphatic carbocycles. The lowest BCUT2D eigenvalue weighted by molar-refractivity contribution is 0.0763. The summed E-state index contributed by atoms with van der Waals surface area (Å²) in [5.41, 5.74) is 1.28. The normalized spacial score (nSPS) is 10.9. The van der Waals surface area contributed by atoms with Crippen LogP contribution in [0.15, 0.2) is 53.1 Å². The van der Waals surface area contributed by atoms with Crippen LogP contribution in [0.3, 0.4) is 0 Å². The second kappa shape index (κ2) is 8.22. The zero-order chi connectivity index (χ0) is 19.4. The monoisotopic (exact) mass is 385 g/mol. The van der Waals surface area contributed by atoms with Gasteiger partial charge in [0.25, 0.3) is 5.91 Å². The van der Waals surface area contributed by atoms with Gasteiger partial charge >= 0.3 is 0 Å². The Morgan fingerprint density at radius 2 is 1.89 bits per heavy atom. The third-order valence-electron chi connectivity index (χ3n) is 3.77. The van der Waals surface area contributed by atoms with Crippen LogP contribution >= 0.6 is 11.6 Å². The first kappa shape index (κ1) is 18.9. The number of carbonyl (C=O) groups excluding carboxylic acids is 1. The second-order valence-electron chi connectivity index (χ2n) is 6.34. The summed E-state index contributed by atoms with van der Waals surface area (Å²) in [4.78, 5) is 18.7. The molecule has 0 bridgehead atoms. The Morgan fingerprint density at radius 1 is 1.19 bits per heavy atom. The Hall–Kier alpha value is -2.86. The van der Waals surface area contributed by atoms with Crippen molar-refractivity contribution in [2.45, 2.75) is 26.5 Å². The number of amides is 1. The minimum atomic E-state index is -0.183. The SMILES string of the molecule is CC(C)Oc1ccccc1C(=O)N(C)Cc1nc(-c2ccc(Cl)cc2)no1. The molecule has 1 aromatic heterocycles. The van der Waals surface area contributed by atoms with Gasteiger partial charge in [0.15, 0.2) is 0 Å². The zero-order valence-corrected chi connectivity index (χ0v) is 16.1. The van der Waals surface area contributed by atoms with Crippen LogP contribution in [0, 0.1) is 0 Å². The summed E-state index contributed by atoms with van der Waals surface area (Å²) in [6.07, 6.45) is -0.0258. The van der Waals surface area contributed by atoms with E-state index in [2.05, 4.69) is 10.1 Å². The van der Waals surface area contributed by atoms with Gasteiger partial charge in [0.2, 0.25) is 11.7 Å². The Morgan fingerprint density at radius 3 is 2.59 bits per heavy atom. The molecule has 7 heteroatoms. The van der Waals surface area contributed by atoms with Crippen LogP contribution in [0.1, 0.15) is 30.1 Å². The fourth-order valence-corrected chi connectivity index (χ4v) is 2.64. The Balaban J connectivity index is 1.73. The lowest BCUT2D eigenvalue weighted by Crippen LogP contribution is -2.27. The second-order valence-corrected chi connectivity index (χ2v) is 6.78. The number of rotatable bonds is 6. The molecule has 3 aromatic rings. The Labute approximate surface area is 162 Å². The van der Waals surface area contributed by atoms with Crippen LogP contribution in [-0.4, -0.2) is 34.1 Å². The van der Waals surface area contributed by atoms with Gasteiger partial charge in [0.1, 0.15) is 12.3 Å². The van der Waals surface area contributed by atoms with Gasteiger partial charge in [-0.1, -0.05) is 28.9 Å². The summed E-state index contributed by atoms with van der Waals surface area (Å²) >= 11 is 5.89. The summed E-state index contributed by atoms with van der Waals surface area (Å²) in [7, 11) is 1.68. The van der Waals surface area contributed by atoms with Crippen molar-refractivity contribution in [3.05, 3.63) is 65.0 Å². The lowest BCUT2D eigenvalue weighted by atomic mass is 10.1. The first-order chi connectivity index (χ1) is 12.9. The average Bonchev–Trinajstić information content (AvgIpc) is 3.10. The molecule has 0 N–H and O–H groups in total. The van der Waals surface area contributed by atoms with Crippen molar-refractivity contribution in [1.29, 1.82) is 0 Å². The molecule has 0 saturated carbocycles. The number of ether oxygens (including phenoxy) is 1. The molecule has 0 atom stereocenters. The van der Waals surface area contributed by atoms with Crippen molar-refractivity contribution in [1.82, 2.24) is 15.0 Å². The maximum atomic E-state index is 12.8. The molecule has 0 saturated heterocycles. The van der Waals surface area contributed by atoms with E-state index in [0.717, 1.165) is 5.56 Å². The molecule has 0 unspecified atom stereocenters. The minimum Gasteiger partial charge on any atom is -0.490 e. The summed E-state index contributed by atoms with van der Waals surface area (Å²) in [5, 5.41) is 4.60. The number of benzene rings is 2. The molecule has 27 heavy (non-hydrogen) atoms. The highest BCUT2D eigenvalue weighted by molar-refractivity contribution is 6.30. The number of para-hydroxylation sites is 1. The van der Waals surface area contributed by atoms with Crippen LogP contribution in [0.25, 0.3) is 11.4 Å². The molecule has 0 aliphatic rings. The first-order valence-electron chi connectivity index (χ1n) is 8.53. The average molecular weight is 386 g/mol. The smallest absolute Gasteiger partial charge is 0.257 e. The van der Waals surface area contributed by atoms with Gasteiger partial charge in [-0.15, -0.1) is 0 Å². The maximum Gasteiger partial charge on any atom is 0.257 e. The fraction of sp³-hybridized carbons (Fsp3) is 0.250. The fourth-order valence-electron chi connectivity index (χ4n) is 2.52. The third-order valence-corrected chi connectivity index (χ3v) is 4.02. The summed E-state index contributed by atoms with van der Waals surface area (Å²) in [6, 6.07) is 14.3. The molecule has 6 nitrogen and oxygen atoms in total.